The molecule has 0 aliphatic carbocycles. The highest BCUT2D eigenvalue weighted by atomic mass is 32.2. The lowest BCUT2D eigenvalue weighted by atomic mass is 10.1. The first-order valence-electron chi connectivity index (χ1n) is 9.37. The first-order valence-corrected chi connectivity index (χ1v) is 11.2. The number of nitrogens with zero attached hydrogens (tertiary/aromatic N) is 1. The molecule has 2 N–H and O–H groups in total. The van der Waals surface area contributed by atoms with Gasteiger partial charge < -0.3 is 20.1 Å². The number of sulfone groups is 1. The van der Waals surface area contributed by atoms with Crippen LogP contribution in [0.5, 0.6) is 5.75 Å². The van der Waals surface area contributed by atoms with Crippen LogP contribution in [0.25, 0.3) is 0 Å². The Hall–Kier alpha value is -1.80. The van der Waals surface area contributed by atoms with Gasteiger partial charge in [-0.05, 0) is 37.8 Å². The van der Waals surface area contributed by atoms with Crippen molar-refractivity contribution in [1.82, 2.24) is 10.6 Å². The van der Waals surface area contributed by atoms with E-state index in [0.717, 1.165) is 23.4 Å². The summed E-state index contributed by atoms with van der Waals surface area (Å²) in [7, 11) is -1.21. The molecule has 1 fully saturated rings. The van der Waals surface area contributed by atoms with Crippen LogP contribution in [0.15, 0.2) is 23.2 Å². The molecule has 0 saturated carbocycles. The fourth-order valence-corrected chi connectivity index (χ4v) is 4.80. The second kappa shape index (κ2) is 10.5. The lowest BCUT2D eigenvalue weighted by Crippen LogP contribution is -2.40. The van der Waals surface area contributed by atoms with Crippen LogP contribution in [-0.4, -0.2) is 59.3 Å². The molecule has 2 rings (SSSR count). The number of methoxy groups -OCH3 is 1. The third kappa shape index (κ3) is 7.38. The molecule has 1 saturated heterocycles. The number of aryl methyl sites for hydroxylation is 1. The van der Waals surface area contributed by atoms with Gasteiger partial charge in [0.2, 0.25) is 0 Å². The Balaban J connectivity index is 1.99. The minimum Gasteiger partial charge on any atom is -0.491 e. The average Bonchev–Trinajstić information content (AvgIpc) is 2.98. The fraction of sp³-hybridized carbons (Fsp3) is 0.632. The molecule has 7 nitrogen and oxygen atoms in total. The maximum absolute atomic E-state index is 11.6. The third-order valence-corrected chi connectivity index (χ3v) is 6.24. The summed E-state index contributed by atoms with van der Waals surface area (Å²) in [5.74, 6) is 2.19. The smallest absolute Gasteiger partial charge is 0.191 e. The first-order chi connectivity index (χ1) is 12.9. The molecule has 0 aromatic heterocycles. The van der Waals surface area contributed by atoms with Crippen LogP contribution in [0.1, 0.15) is 24.5 Å². The Morgan fingerprint density at radius 2 is 2.11 bits per heavy atom. The van der Waals surface area contributed by atoms with Gasteiger partial charge in [-0.25, -0.2) is 13.4 Å². The van der Waals surface area contributed by atoms with Crippen molar-refractivity contribution < 1.29 is 17.9 Å². The van der Waals surface area contributed by atoms with Gasteiger partial charge in [-0.2, -0.15) is 0 Å². The molecule has 27 heavy (non-hydrogen) atoms. The summed E-state index contributed by atoms with van der Waals surface area (Å²) in [6, 6.07) is 6.07. The fourth-order valence-electron chi connectivity index (χ4n) is 2.94. The van der Waals surface area contributed by atoms with Crippen LogP contribution in [-0.2, 0) is 21.1 Å². The minimum absolute atomic E-state index is 0.145. The van der Waals surface area contributed by atoms with Crippen molar-refractivity contribution in [2.45, 2.75) is 26.8 Å². The highest BCUT2D eigenvalue weighted by Crippen LogP contribution is 2.21. The summed E-state index contributed by atoms with van der Waals surface area (Å²) in [5, 5.41) is 6.48. The number of hydrogen-bond acceptors (Lipinski definition) is 5. The highest BCUT2D eigenvalue weighted by molar-refractivity contribution is 7.91. The standard InChI is InChI=1S/C19H31N3O4S/c1-4-20-19(21-12-16-7-10-27(23,24)14-16)22-13-17-6-5-15(2)11-18(17)26-9-8-25-3/h5-6,11,16H,4,7-10,12-14H2,1-3H3,(H2,20,21,22). The van der Waals surface area contributed by atoms with Crippen LogP contribution in [0, 0.1) is 12.8 Å². The largest absolute Gasteiger partial charge is 0.491 e. The topological polar surface area (TPSA) is 89.0 Å². The molecule has 1 heterocycles. The number of benzene rings is 1. The van der Waals surface area contributed by atoms with Crippen molar-refractivity contribution >= 4 is 15.8 Å². The van der Waals surface area contributed by atoms with E-state index in [4.69, 9.17) is 9.47 Å². The summed E-state index contributed by atoms with van der Waals surface area (Å²) in [5.41, 5.74) is 2.12. The maximum atomic E-state index is 11.6. The van der Waals surface area contributed by atoms with Crippen molar-refractivity contribution in [2.75, 3.05) is 44.9 Å². The summed E-state index contributed by atoms with van der Waals surface area (Å²) in [6.07, 6.45) is 0.712. The van der Waals surface area contributed by atoms with E-state index in [1.54, 1.807) is 7.11 Å². The van der Waals surface area contributed by atoms with E-state index in [1.165, 1.54) is 0 Å². The predicted octanol–water partition coefficient (Wildman–Crippen LogP) is 1.51. The molecule has 1 aliphatic heterocycles. The third-order valence-electron chi connectivity index (χ3n) is 4.40. The monoisotopic (exact) mass is 397 g/mol. The average molecular weight is 398 g/mol. The van der Waals surface area contributed by atoms with Gasteiger partial charge in [0.05, 0.1) is 24.7 Å². The van der Waals surface area contributed by atoms with E-state index in [2.05, 4.69) is 15.6 Å². The lowest BCUT2D eigenvalue weighted by molar-refractivity contribution is 0.145. The van der Waals surface area contributed by atoms with Gasteiger partial charge in [-0.1, -0.05) is 12.1 Å². The summed E-state index contributed by atoms with van der Waals surface area (Å²) in [6.45, 7) is 6.87. The Bertz CT molecular complexity index is 734. The molecule has 1 aromatic carbocycles. The molecule has 1 unspecified atom stereocenters. The highest BCUT2D eigenvalue weighted by Gasteiger charge is 2.27. The van der Waals surface area contributed by atoms with Gasteiger partial charge in [-0.3, -0.25) is 0 Å². The van der Waals surface area contributed by atoms with Crippen LogP contribution in [0.4, 0.5) is 0 Å². The zero-order valence-corrected chi connectivity index (χ0v) is 17.3. The molecule has 0 amide bonds. The molecule has 0 bridgehead atoms. The zero-order chi connectivity index (χ0) is 19.7. The van der Waals surface area contributed by atoms with Crippen LogP contribution in [0.2, 0.25) is 0 Å². The number of ether oxygens (including phenoxy) is 2. The Kier molecular flexibility index (Phi) is 8.37. The van der Waals surface area contributed by atoms with Gasteiger partial charge in [-0.15, -0.1) is 0 Å². The van der Waals surface area contributed by atoms with Gasteiger partial charge in [0, 0.05) is 25.8 Å². The second-order valence-electron chi connectivity index (χ2n) is 6.80. The quantitative estimate of drug-likeness (QED) is 0.373. The number of aliphatic imine (C=N–C) groups is 1. The maximum Gasteiger partial charge on any atom is 0.191 e. The minimum atomic E-state index is -2.86. The molecular formula is C19H31N3O4S. The predicted molar refractivity (Wildman–Crippen MR) is 108 cm³/mol. The Morgan fingerprint density at radius 3 is 2.78 bits per heavy atom. The van der Waals surface area contributed by atoms with Crippen LogP contribution in [0.3, 0.4) is 0 Å². The van der Waals surface area contributed by atoms with Crippen molar-refractivity contribution in [3.63, 3.8) is 0 Å². The normalized spacial score (nSPS) is 19.1. The van der Waals surface area contributed by atoms with Gasteiger partial charge in [0.1, 0.15) is 12.4 Å². The van der Waals surface area contributed by atoms with Gasteiger partial charge >= 0.3 is 0 Å². The summed E-state index contributed by atoms with van der Waals surface area (Å²) < 4.78 is 34.1. The lowest BCUT2D eigenvalue weighted by Gasteiger charge is -2.15. The zero-order valence-electron chi connectivity index (χ0n) is 16.5. The molecule has 0 spiro atoms. The Labute approximate surface area is 162 Å². The van der Waals surface area contributed by atoms with Gasteiger partial charge in [0.25, 0.3) is 0 Å². The summed E-state index contributed by atoms with van der Waals surface area (Å²) >= 11 is 0. The van der Waals surface area contributed by atoms with Crippen molar-refractivity contribution in [3.05, 3.63) is 29.3 Å². The van der Waals surface area contributed by atoms with Crippen LogP contribution < -0.4 is 15.4 Å². The number of nitrogens with one attached hydrogen (secondary N) is 2. The van der Waals surface area contributed by atoms with E-state index in [9.17, 15) is 8.42 Å². The Morgan fingerprint density at radius 1 is 1.30 bits per heavy atom. The van der Waals surface area contributed by atoms with Gasteiger partial charge in [0.15, 0.2) is 15.8 Å². The molecule has 1 aliphatic rings. The van der Waals surface area contributed by atoms with Crippen LogP contribution >= 0.6 is 0 Å². The molecule has 8 heteroatoms. The molecular weight excluding hydrogens is 366 g/mol. The SMILES string of the molecule is CCNC(=NCc1ccc(C)cc1OCCOC)NCC1CCS(=O)(=O)C1. The first kappa shape index (κ1) is 21.5. The van der Waals surface area contributed by atoms with E-state index < -0.39 is 9.84 Å². The van der Waals surface area contributed by atoms with E-state index >= 15 is 0 Å². The second-order valence-corrected chi connectivity index (χ2v) is 9.03. The van der Waals surface area contributed by atoms with E-state index in [-0.39, 0.29) is 11.7 Å². The molecule has 0 radical (unpaired) electrons. The van der Waals surface area contributed by atoms with Crippen molar-refractivity contribution in [3.8, 4) is 5.75 Å². The van der Waals surface area contributed by atoms with E-state index in [1.807, 2.05) is 32.0 Å². The van der Waals surface area contributed by atoms with Crippen molar-refractivity contribution in [1.29, 1.82) is 0 Å². The van der Waals surface area contributed by atoms with E-state index in [0.29, 0.717) is 44.4 Å². The summed E-state index contributed by atoms with van der Waals surface area (Å²) in [4.78, 5) is 4.63. The number of guanidine groups is 1. The molecule has 152 valence electrons. The molecule has 1 atom stereocenters. The molecule has 1 aromatic rings. The van der Waals surface area contributed by atoms with Crippen molar-refractivity contribution in [2.24, 2.45) is 10.9 Å². The number of hydrogen-bond donors (Lipinski definition) is 2. The number of rotatable bonds is 9.